The van der Waals surface area contributed by atoms with Crippen molar-refractivity contribution < 1.29 is 4.42 Å². The molecule has 0 aliphatic carbocycles. The SMILES string of the molecule is [c]1ccc2ccoc2c1-c1ccccn1. The Hall–Kier alpha value is -2.09. The van der Waals surface area contributed by atoms with Crippen molar-refractivity contribution in [2.75, 3.05) is 0 Å². The van der Waals surface area contributed by atoms with Crippen LogP contribution in [0.25, 0.3) is 22.2 Å². The molecule has 0 unspecified atom stereocenters. The van der Waals surface area contributed by atoms with Gasteiger partial charge in [-0.25, -0.2) is 0 Å². The lowest BCUT2D eigenvalue weighted by Gasteiger charge is -1.99. The molecule has 2 nitrogen and oxygen atoms in total. The van der Waals surface area contributed by atoms with E-state index in [4.69, 9.17) is 4.42 Å². The Bertz CT molecular complexity index is 584. The van der Waals surface area contributed by atoms with Crippen molar-refractivity contribution in [1.29, 1.82) is 0 Å². The van der Waals surface area contributed by atoms with Gasteiger partial charge in [-0.05, 0) is 24.3 Å². The number of rotatable bonds is 1. The zero-order valence-electron chi connectivity index (χ0n) is 7.97. The van der Waals surface area contributed by atoms with Crippen LogP contribution in [0.5, 0.6) is 0 Å². The molecule has 2 aromatic heterocycles. The fourth-order valence-electron chi connectivity index (χ4n) is 1.63. The summed E-state index contributed by atoms with van der Waals surface area (Å²) >= 11 is 0. The molecule has 0 fully saturated rings. The van der Waals surface area contributed by atoms with Crippen molar-refractivity contribution in [2.24, 2.45) is 0 Å². The van der Waals surface area contributed by atoms with Gasteiger partial charge >= 0.3 is 0 Å². The maximum absolute atomic E-state index is 5.43. The molecule has 15 heavy (non-hydrogen) atoms. The van der Waals surface area contributed by atoms with Gasteiger partial charge in [0, 0.05) is 11.6 Å². The smallest absolute Gasteiger partial charge is 0.143 e. The van der Waals surface area contributed by atoms with Gasteiger partial charge in [0.25, 0.3) is 0 Å². The standard InChI is InChI=1S/C13H8NO/c1-2-8-14-12(6-1)11-5-3-4-10-7-9-15-13(10)11/h1-4,6-9H. The van der Waals surface area contributed by atoms with Crippen LogP contribution in [0.15, 0.2) is 53.3 Å². The third-order valence-electron chi connectivity index (χ3n) is 2.33. The third-order valence-corrected chi connectivity index (χ3v) is 2.33. The van der Waals surface area contributed by atoms with E-state index >= 15 is 0 Å². The van der Waals surface area contributed by atoms with Gasteiger partial charge in [0.15, 0.2) is 0 Å². The Morgan fingerprint density at radius 1 is 1.13 bits per heavy atom. The summed E-state index contributed by atoms with van der Waals surface area (Å²) in [7, 11) is 0. The minimum Gasteiger partial charge on any atom is -0.464 e. The molecule has 0 bridgehead atoms. The van der Waals surface area contributed by atoms with Crippen LogP contribution in [0.1, 0.15) is 0 Å². The zero-order valence-corrected chi connectivity index (χ0v) is 7.97. The molecule has 71 valence electrons. The van der Waals surface area contributed by atoms with Crippen molar-refractivity contribution in [3.8, 4) is 11.3 Å². The summed E-state index contributed by atoms with van der Waals surface area (Å²) in [5.41, 5.74) is 2.65. The number of pyridine rings is 1. The summed E-state index contributed by atoms with van der Waals surface area (Å²) in [6, 6.07) is 14.8. The molecule has 2 heterocycles. The summed E-state index contributed by atoms with van der Waals surface area (Å²) in [6.07, 6.45) is 3.45. The first-order valence-electron chi connectivity index (χ1n) is 4.74. The van der Waals surface area contributed by atoms with Crippen LogP contribution in [0.3, 0.4) is 0 Å². The molecule has 0 spiro atoms. The Morgan fingerprint density at radius 2 is 2.13 bits per heavy atom. The maximum Gasteiger partial charge on any atom is 0.143 e. The highest BCUT2D eigenvalue weighted by Gasteiger charge is 2.06. The fourth-order valence-corrected chi connectivity index (χ4v) is 1.63. The van der Waals surface area contributed by atoms with Crippen molar-refractivity contribution in [3.05, 3.63) is 54.9 Å². The van der Waals surface area contributed by atoms with Gasteiger partial charge in [0.05, 0.1) is 17.5 Å². The molecule has 1 radical (unpaired) electrons. The number of hydrogen-bond donors (Lipinski definition) is 0. The molecular formula is C13H8NO. The predicted octanol–water partition coefficient (Wildman–Crippen LogP) is 3.29. The summed E-state index contributed by atoms with van der Waals surface area (Å²) in [5.74, 6) is 0. The van der Waals surface area contributed by atoms with Crippen LogP contribution < -0.4 is 0 Å². The van der Waals surface area contributed by atoms with Gasteiger partial charge in [-0.2, -0.15) is 0 Å². The first kappa shape index (κ1) is 8.24. The minimum absolute atomic E-state index is 0.844. The van der Waals surface area contributed by atoms with E-state index in [0.29, 0.717) is 0 Å². The molecule has 0 saturated carbocycles. The van der Waals surface area contributed by atoms with E-state index in [1.54, 1.807) is 12.5 Å². The molecule has 0 N–H and O–H groups in total. The molecule has 0 aliphatic rings. The lowest BCUT2D eigenvalue weighted by molar-refractivity contribution is 0.616. The van der Waals surface area contributed by atoms with Gasteiger partial charge in [-0.1, -0.05) is 18.2 Å². The highest BCUT2D eigenvalue weighted by Crippen LogP contribution is 2.26. The topological polar surface area (TPSA) is 26.0 Å². The van der Waals surface area contributed by atoms with Crippen molar-refractivity contribution >= 4 is 11.0 Å². The Kier molecular flexibility index (Phi) is 1.78. The molecule has 0 aliphatic heterocycles. The Labute approximate surface area is 87.2 Å². The number of benzene rings is 1. The fraction of sp³-hybridized carbons (Fsp3) is 0. The van der Waals surface area contributed by atoms with Gasteiger partial charge in [0.1, 0.15) is 5.58 Å². The van der Waals surface area contributed by atoms with Crippen LogP contribution in [-0.4, -0.2) is 4.98 Å². The van der Waals surface area contributed by atoms with Crippen molar-refractivity contribution in [1.82, 2.24) is 4.98 Å². The van der Waals surface area contributed by atoms with Crippen LogP contribution in [0.2, 0.25) is 0 Å². The lowest BCUT2D eigenvalue weighted by atomic mass is 10.1. The number of nitrogens with zero attached hydrogens (tertiary/aromatic N) is 1. The molecule has 0 atom stereocenters. The van der Waals surface area contributed by atoms with E-state index in [0.717, 1.165) is 22.2 Å². The second kappa shape index (κ2) is 3.24. The number of aromatic nitrogens is 1. The predicted molar refractivity (Wildman–Crippen MR) is 58.3 cm³/mol. The third kappa shape index (κ3) is 1.31. The Morgan fingerprint density at radius 3 is 3.00 bits per heavy atom. The van der Waals surface area contributed by atoms with E-state index in [1.165, 1.54) is 0 Å². The first-order chi connectivity index (χ1) is 7.45. The highest BCUT2D eigenvalue weighted by molar-refractivity contribution is 5.90. The highest BCUT2D eigenvalue weighted by atomic mass is 16.3. The van der Waals surface area contributed by atoms with E-state index < -0.39 is 0 Å². The van der Waals surface area contributed by atoms with E-state index in [-0.39, 0.29) is 0 Å². The average molecular weight is 194 g/mol. The quantitative estimate of drug-likeness (QED) is 0.594. The first-order valence-corrected chi connectivity index (χ1v) is 4.74. The molecule has 3 aromatic rings. The zero-order chi connectivity index (χ0) is 10.1. The number of furan rings is 1. The molecule has 0 amide bonds. The number of hydrogen-bond acceptors (Lipinski definition) is 2. The van der Waals surface area contributed by atoms with Gasteiger partial charge in [-0.3, -0.25) is 4.98 Å². The molecule has 0 saturated heterocycles. The molecule has 1 aromatic carbocycles. The minimum atomic E-state index is 0.844. The number of fused-ring (bicyclic) bond motifs is 1. The summed E-state index contributed by atoms with van der Waals surface area (Å²) in [6.45, 7) is 0. The largest absolute Gasteiger partial charge is 0.464 e. The van der Waals surface area contributed by atoms with E-state index in [2.05, 4.69) is 11.1 Å². The van der Waals surface area contributed by atoms with Crippen molar-refractivity contribution in [2.45, 2.75) is 0 Å². The summed E-state index contributed by atoms with van der Waals surface area (Å²) in [4.78, 5) is 4.29. The molecule has 3 rings (SSSR count). The van der Waals surface area contributed by atoms with Gasteiger partial charge < -0.3 is 4.42 Å². The lowest BCUT2D eigenvalue weighted by Crippen LogP contribution is -1.82. The second-order valence-electron chi connectivity index (χ2n) is 3.27. The van der Waals surface area contributed by atoms with Gasteiger partial charge in [-0.15, -0.1) is 0 Å². The van der Waals surface area contributed by atoms with Gasteiger partial charge in [0.2, 0.25) is 0 Å². The monoisotopic (exact) mass is 194 g/mol. The maximum atomic E-state index is 5.43. The normalized spacial score (nSPS) is 10.7. The molecular weight excluding hydrogens is 186 g/mol. The second-order valence-corrected chi connectivity index (χ2v) is 3.27. The van der Waals surface area contributed by atoms with Crippen molar-refractivity contribution in [3.63, 3.8) is 0 Å². The molecule has 2 heteroatoms. The van der Waals surface area contributed by atoms with Crippen LogP contribution in [0.4, 0.5) is 0 Å². The Balaban J connectivity index is 2.31. The van der Waals surface area contributed by atoms with E-state index in [1.807, 2.05) is 36.4 Å². The van der Waals surface area contributed by atoms with Crippen LogP contribution >= 0.6 is 0 Å². The van der Waals surface area contributed by atoms with E-state index in [9.17, 15) is 0 Å². The average Bonchev–Trinajstić information content (AvgIpc) is 2.78. The van der Waals surface area contributed by atoms with Crippen LogP contribution in [0, 0.1) is 6.07 Å². The van der Waals surface area contributed by atoms with Crippen LogP contribution in [-0.2, 0) is 0 Å². The summed E-state index contributed by atoms with van der Waals surface area (Å²) < 4.78 is 5.43. The summed E-state index contributed by atoms with van der Waals surface area (Å²) in [5, 5.41) is 1.08.